The van der Waals surface area contributed by atoms with Crippen molar-refractivity contribution in [1.82, 2.24) is 0 Å². The van der Waals surface area contributed by atoms with Crippen LogP contribution in [-0.4, -0.2) is 5.48 Å². The van der Waals surface area contributed by atoms with E-state index in [1.165, 1.54) is 0 Å². The maximum absolute atomic E-state index is 7.88. The molecule has 0 bridgehead atoms. The monoisotopic (exact) mass is 240 g/mol. The number of hydrogen-bond acceptors (Lipinski definition) is 2. The molecule has 0 aliphatic rings. The van der Waals surface area contributed by atoms with Crippen molar-refractivity contribution in [1.29, 1.82) is 0 Å². The van der Waals surface area contributed by atoms with Gasteiger partial charge in [0, 0.05) is 16.5 Å². The van der Waals surface area contributed by atoms with Crippen LogP contribution in [0.2, 0.25) is 0 Å². The summed E-state index contributed by atoms with van der Waals surface area (Å²) in [6.07, 6.45) is 0. The van der Waals surface area contributed by atoms with Crippen molar-refractivity contribution in [3.63, 3.8) is 0 Å². The molecule has 0 heterocycles. The van der Waals surface area contributed by atoms with E-state index in [-0.39, 0.29) is 22.0 Å². The van der Waals surface area contributed by atoms with E-state index in [1.54, 1.807) is 0 Å². The number of hydrogen-bond donors (Lipinski definition) is 0. The van der Waals surface area contributed by atoms with E-state index < -0.39 is 0 Å². The molecular formula is H2Ni3O2S. The first-order valence-corrected chi connectivity index (χ1v) is 2.13. The van der Waals surface area contributed by atoms with Crippen LogP contribution in [0.1, 0.15) is 0 Å². The predicted molar refractivity (Wildman–Crippen MR) is 11.9 cm³/mol. The quantitative estimate of drug-likeness (QED) is 0.547. The van der Waals surface area contributed by atoms with E-state index in [1.807, 2.05) is 0 Å². The third-order valence-corrected chi connectivity index (χ3v) is 0. The Morgan fingerprint density at radius 1 is 1.17 bits per heavy atom. The van der Waals surface area contributed by atoms with Crippen LogP contribution >= 0.6 is 10.7 Å². The van der Waals surface area contributed by atoms with E-state index in [0.29, 0.717) is 0 Å². The van der Waals surface area contributed by atoms with Crippen LogP contribution in [0.25, 0.3) is 0 Å². The molecule has 0 aliphatic carbocycles. The molecule has 0 radical (unpaired) electrons. The fourth-order valence-corrected chi connectivity index (χ4v) is 0. The first-order valence-electron chi connectivity index (χ1n) is 0.258. The van der Waals surface area contributed by atoms with Gasteiger partial charge in [0.1, 0.15) is 0 Å². The Balaban J connectivity index is -0.00000000500. The molecular weight excluding hydrogens is 240 g/mol. The summed E-state index contributed by atoms with van der Waals surface area (Å²) in [5.74, 6) is 0. The average molecular weight is 242 g/mol. The molecule has 0 aromatic carbocycles. The van der Waals surface area contributed by atoms with Crippen LogP contribution in [0.5, 0.6) is 0 Å². The van der Waals surface area contributed by atoms with Crippen LogP contribution < -0.4 is 0 Å². The summed E-state index contributed by atoms with van der Waals surface area (Å²) in [4.78, 5) is 0. The topological polar surface area (TPSA) is 48.6 Å². The molecule has 0 rings (SSSR count). The van der Waals surface area contributed by atoms with E-state index >= 15 is 0 Å². The first kappa shape index (κ1) is 26.0. The van der Waals surface area contributed by atoms with Crippen molar-refractivity contribution in [2.24, 2.45) is 0 Å². The summed E-state index contributed by atoms with van der Waals surface area (Å²) in [5.41, 5.74) is 0. The molecule has 6 heteroatoms. The second-order valence-electron chi connectivity index (χ2n) is 0. The van der Waals surface area contributed by atoms with Crippen molar-refractivity contribution < 1.29 is 55.1 Å². The Kier molecular flexibility index (Phi) is 391. The molecule has 0 spiro atoms. The molecule has 6 heavy (non-hydrogen) atoms. The molecule has 0 saturated heterocycles. The fourth-order valence-electron chi connectivity index (χ4n) is 0. The predicted octanol–water partition coefficient (Wildman–Crippen LogP) is -0.303. The second-order valence-corrected chi connectivity index (χ2v) is 0. The third kappa shape index (κ3) is 50.9. The molecule has 50 valence electrons. The van der Waals surface area contributed by atoms with Crippen LogP contribution in [0.4, 0.5) is 0 Å². The van der Waals surface area contributed by atoms with Crippen LogP contribution in [0, 0.1) is 0 Å². The van der Waals surface area contributed by atoms with E-state index in [4.69, 9.17) is 3.90 Å². The normalized spacial score (nSPS) is 2.00. The summed E-state index contributed by atoms with van der Waals surface area (Å²) in [6.45, 7) is 0. The molecule has 0 fully saturated rings. The Morgan fingerprint density at radius 3 is 1.17 bits per heavy atom. The first-order chi connectivity index (χ1) is 2.00. The van der Waals surface area contributed by atoms with Gasteiger partial charge in [-0.15, -0.1) is 0 Å². The SMILES string of the molecule is O.[Ni].[O]=[Ni].[S]=[Ni]. The second kappa shape index (κ2) is 90.3. The molecule has 2 nitrogen and oxygen atoms in total. The Hall–Kier alpha value is 1.46. The standard InChI is InChI=1S/3Ni.H2O.O.S/h;;;1H2;;. The Morgan fingerprint density at radius 2 is 1.17 bits per heavy atom. The maximum atomic E-state index is 7.88. The number of rotatable bonds is 0. The van der Waals surface area contributed by atoms with Crippen molar-refractivity contribution in [3.8, 4) is 0 Å². The third-order valence-electron chi connectivity index (χ3n) is 0. The molecule has 0 aliphatic heterocycles. The molecule has 0 unspecified atom stereocenters. The summed E-state index contributed by atoms with van der Waals surface area (Å²) < 4.78 is 7.88. The summed E-state index contributed by atoms with van der Waals surface area (Å²) >= 11 is 6.08. The van der Waals surface area contributed by atoms with Gasteiger partial charge < -0.3 is 5.48 Å². The van der Waals surface area contributed by atoms with Crippen LogP contribution in [0.3, 0.4) is 0 Å². The molecule has 2 N–H and O–H groups in total. The zero-order valence-electron chi connectivity index (χ0n) is 2.27. The average Bonchev–Trinajstić information content (AvgIpc) is 1.50. The molecule has 0 aromatic heterocycles. The minimum absolute atomic E-state index is 0. The summed E-state index contributed by atoms with van der Waals surface area (Å²) in [7, 11) is 3.71. The van der Waals surface area contributed by atoms with Gasteiger partial charge in [-0.25, -0.2) is 0 Å². The molecule has 0 aromatic rings. The van der Waals surface area contributed by atoms with Gasteiger partial charge in [-0.3, -0.25) is 0 Å². The zero-order chi connectivity index (χ0) is 4.00. The minimum atomic E-state index is 0. The summed E-state index contributed by atoms with van der Waals surface area (Å²) in [6, 6.07) is 0. The van der Waals surface area contributed by atoms with Gasteiger partial charge in [-0.05, 0) is 0 Å². The van der Waals surface area contributed by atoms with Crippen molar-refractivity contribution >= 4 is 10.7 Å². The zero-order valence-corrected chi connectivity index (χ0v) is 6.04. The molecule has 0 atom stereocenters. The van der Waals surface area contributed by atoms with Gasteiger partial charge in [0.25, 0.3) is 0 Å². The van der Waals surface area contributed by atoms with Gasteiger partial charge in [-0.2, -0.15) is 0 Å². The van der Waals surface area contributed by atoms with Crippen LogP contribution in [0.15, 0.2) is 0 Å². The Labute approximate surface area is 65.5 Å². The molecule has 0 saturated carbocycles. The van der Waals surface area contributed by atoms with E-state index in [2.05, 4.69) is 39.9 Å². The fraction of sp³-hybridized carbons (Fsp3) is 0. The van der Waals surface area contributed by atoms with Gasteiger partial charge in [0.15, 0.2) is 0 Å². The van der Waals surface area contributed by atoms with Crippen LogP contribution in [-0.2, 0) is 49.6 Å². The van der Waals surface area contributed by atoms with Gasteiger partial charge in [0.2, 0.25) is 0 Å². The van der Waals surface area contributed by atoms with Gasteiger partial charge >= 0.3 is 43.8 Å². The Bertz CT molecular complexity index is 10.8. The molecule has 0 amide bonds. The summed E-state index contributed by atoms with van der Waals surface area (Å²) in [5, 5.41) is 0. The van der Waals surface area contributed by atoms with E-state index in [9.17, 15) is 0 Å². The van der Waals surface area contributed by atoms with Crippen molar-refractivity contribution in [2.75, 3.05) is 0 Å². The van der Waals surface area contributed by atoms with Crippen molar-refractivity contribution in [2.45, 2.75) is 0 Å². The van der Waals surface area contributed by atoms with Crippen molar-refractivity contribution in [3.05, 3.63) is 0 Å². The van der Waals surface area contributed by atoms with E-state index in [0.717, 1.165) is 0 Å². The van der Waals surface area contributed by atoms with Gasteiger partial charge in [-0.1, -0.05) is 0 Å². The van der Waals surface area contributed by atoms with Gasteiger partial charge in [0.05, 0.1) is 0 Å².